The van der Waals surface area contributed by atoms with E-state index in [9.17, 15) is 9.59 Å². The monoisotopic (exact) mass is 261 g/mol. The minimum absolute atomic E-state index is 0. The number of carbonyl (C=O) groups is 2. The first kappa shape index (κ1) is 14.3. The van der Waals surface area contributed by atoms with Gasteiger partial charge in [-0.1, -0.05) is 0 Å². The number of nitrogens with two attached hydrogens (primary N) is 1. The van der Waals surface area contributed by atoms with E-state index in [1.165, 1.54) is 0 Å². The van der Waals surface area contributed by atoms with Crippen LogP contribution in [0.15, 0.2) is 0 Å². The molecule has 98 valence electrons. The summed E-state index contributed by atoms with van der Waals surface area (Å²) in [6.45, 7) is 4.68. The molecule has 1 aliphatic carbocycles. The Balaban J connectivity index is 0.00000144. The number of carbonyl (C=O) groups excluding carboxylic acids is 2. The van der Waals surface area contributed by atoms with E-state index in [0.717, 1.165) is 19.4 Å². The van der Waals surface area contributed by atoms with Crippen molar-refractivity contribution in [2.75, 3.05) is 6.54 Å². The van der Waals surface area contributed by atoms with Crippen LogP contribution < -0.4 is 11.1 Å². The number of rotatable bonds is 3. The molecule has 5 nitrogen and oxygen atoms in total. The van der Waals surface area contributed by atoms with E-state index >= 15 is 0 Å². The number of halogens is 1. The standard InChI is InChI=1S/C11H19N3O2.ClH/c1-7(2)14-6-3-8(9(14)15)13-10(16)11(12)4-5-11;/h7-8H,3-6,12H2,1-2H3,(H,13,16);1H. The number of likely N-dealkylation sites (tertiary alicyclic amines) is 1. The van der Waals surface area contributed by atoms with Crippen molar-refractivity contribution in [1.82, 2.24) is 10.2 Å². The molecule has 0 aromatic heterocycles. The fourth-order valence-corrected chi connectivity index (χ4v) is 2.01. The second-order valence-electron chi connectivity index (χ2n) is 5.10. The lowest BCUT2D eigenvalue weighted by Gasteiger charge is -2.21. The summed E-state index contributed by atoms with van der Waals surface area (Å²) >= 11 is 0. The summed E-state index contributed by atoms with van der Waals surface area (Å²) in [4.78, 5) is 25.4. The maximum atomic E-state index is 11.9. The van der Waals surface area contributed by atoms with Gasteiger partial charge in [-0.2, -0.15) is 0 Å². The van der Waals surface area contributed by atoms with Gasteiger partial charge in [0, 0.05) is 12.6 Å². The third kappa shape index (κ3) is 2.72. The summed E-state index contributed by atoms with van der Waals surface area (Å²) in [5, 5.41) is 2.76. The average molecular weight is 262 g/mol. The van der Waals surface area contributed by atoms with Crippen LogP contribution >= 0.6 is 12.4 Å². The number of nitrogens with zero attached hydrogens (tertiary/aromatic N) is 1. The Morgan fingerprint density at radius 1 is 1.53 bits per heavy atom. The molecular weight excluding hydrogens is 242 g/mol. The van der Waals surface area contributed by atoms with E-state index in [1.807, 2.05) is 13.8 Å². The molecule has 1 saturated heterocycles. The predicted octanol–water partition coefficient (Wildman–Crippen LogP) is 0.0250. The molecule has 2 aliphatic rings. The second kappa shape index (κ2) is 4.82. The van der Waals surface area contributed by atoms with Gasteiger partial charge in [0.1, 0.15) is 6.04 Å². The number of nitrogens with one attached hydrogen (secondary N) is 1. The first-order valence-corrected chi connectivity index (χ1v) is 5.84. The lowest BCUT2D eigenvalue weighted by Crippen LogP contribution is -2.50. The van der Waals surface area contributed by atoms with Crippen LogP contribution in [-0.4, -0.2) is 40.9 Å². The number of hydrogen-bond donors (Lipinski definition) is 2. The van der Waals surface area contributed by atoms with E-state index in [4.69, 9.17) is 5.73 Å². The zero-order valence-corrected chi connectivity index (χ0v) is 11.0. The van der Waals surface area contributed by atoms with Crippen molar-refractivity contribution in [3.05, 3.63) is 0 Å². The summed E-state index contributed by atoms with van der Waals surface area (Å²) in [5.41, 5.74) is 5.08. The van der Waals surface area contributed by atoms with Crippen LogP contribution in [0, 0.1) is 0 Å². The van der Waals surface area contributed by atoms with Crippen LogP contribution in [0.5, 0.6) is 0 Å². The molecule has 2 fully saturated rings. The van der Waals surface area contributed by atoms with E-state index < -0.39 is 5.54 Å². The Labute approximate surface area is 108 Å². The fraction of sp³-hybridized carbons (Fsp3) is 0.818. The molecule has 0 spiro atoms. The van der Waals surface area contributed by atoms with E-state index in [1.54, 1.807) is 4.90 Å². The molecule has 0 bridgehead atoms. The first-order chi connectivity index (χ1) is 7.44. The molecule has 1 unspecified atom stereocenters. The van der Waals surface area contributed by atoms with Crippen LogP contribution in [-0.2, 0) is 9.59 Å². The Morgan fingerprint density at radius 3 is 2.53 bits per heavy atom. The molecule has 2 rings (SSSR count). The number of amides is 2. The number of hydrogen-bond acceptors (Lipinski definition) is 3. The molecule has 1 heterocycles. The Morgan fingerprint density at radius 2 is 2.12 bits per heavy atom. The Bertz CT molecular complexity index is 329. The minimum atomic E-state index is -0.689. The fourth-order valence-electron chi connectivity index (χ4n) is 2.01. The van der Waals surface area contributed by atoms with Gasteiger partial charge in [0.2, 0.25) is 11.8 Å². The summed E-state index contributed by atoms with van der Waals surface area (Å²) in [5.74, 6) is -0.149. The molecule has 3 N–H and O–H groups in total. The third-order valence-electron chi connectivity index (χ3n) is 3.41. The average Bonchev–Trinajstić information content (AvgIpc) is 2.85. The largest absolute Gasteiger partial charge is 0.343 e. The van der Waals surface area contributed by atoms with Crippen LogP contribution in [0.3, 0.4) is 0 Å². The lowest BCUT2D eigenvalue weighted by atomic mass is 10.2. The van der Waals surface area contributed by atoms with Crippen LogP contribution in [0.2, 0.25) is 0 Å². The first-order valence-electron chi connectivity index (χ1n) is 5.84. The van der Waals surface area contributed by atoms with E-state index in [2.05, 4.69) is 5.32 Å². The maximum Gasteiger partial charge on any atom is 0.245 e. The zero-order chi connectivity index (χ0) is 11.9. The highest BCUT2D eigenvalue weighted by Gasteiger charge is 2.47. The third-order valence-corrected chi connectivity index (χ3v) is 3.41. The van der Waals surface area contributed by atoms with Gasteiger partial charge in [-0.05, 0) is 33.1 Å². The van der Waals surface area contributed by atoms with Gasteiger partial charge < -0.3 is 16.0 Å². The highest BCUT2D eigenvalue weighted by atomic mass is 35.5. The van der Waals surface area contributed by atoms with Gasteiger partial charge in [0.25, 0.3) is 0 Å². The lowest BCUT2D eigenvalue weighted by molar-refractivity contribution is -0.134. The molecular formula is C11H20ClN3O2. The van der Waals surface area contributed by atoms with Crippen molar-refractivity contribution < 1.29 is 9.59 Å². The van der Waals surface area contributed by atoms with Crippen molar-refractivity contribution in [3.8, 4) is 0 Å². The van der Waals surface area contributed by atoms with Gasteiger partial charge >= 0.3 is 0 Å². The van der Waals surface area contributed by atoms with Crippen molar-refractivity contribution in [3.63, 3.8) is 0 Å². The summed E-state index contributed by atoms with van der Waals surface area (Å²) in [6, 6.07) is -0.168. The minimum Gasteiger partial charge on any atom is -0.343 e. The summed E-state index contributed by atoms with van der Waals surface area (Å²) < 4.78 is 0. The molecule has 6 heteroatoms. The van der Waals surface area contributed by atoms with Gasteiger partial charge in [-0.25, -0.2) is 0 Å². The summed E-state index contributed by atoms with van der Waals surface area (Å²) in [6.07, 6.45) is 2.15. The topological polar surface area (TPSA) is 75.4 Å². The van der Waals surface area contributed by atoms with Crippen molar-refractivity contribution in [2.24, 2.45) is 5.73 Å². The van der Waals surface area contributed by atoms with Crippen molar-refractivity contribution >= 4 is 24.2 Å². The predicted molar refractivity (Wildman–Crippen MR) is 66.8 cm³/mol. The molecule has 17 heavy (non-hydrogen) atoms. The van der Waals surface area contributed by atoms with Crippen molar-refractivity contribution in [2.45, 2.75) is 50.7 Å². The smallest absolute Gasteiger partial charge is 0.245 e. The second-order valence-corrected chi connectivity index (χ2v) is 5.10. The van der Waals surface area contributed by atoms with Crippen LogP contribution in [0.4, 0.5) is 0 Å². The zero-order valence-electron chi connectivity index (χ0n) is 10.2. The maximum absolute atomic E-state index is 11.9. The van der Waals surface area contributed by atoms with Gasteiger partial charge in [-0.3, -0.25) is 9.59 Å². The SMILES string of the molecule is CC(C)N1CCC(NC(=O)C2(N)CC2)C1=O.Cl. The normalized spacial score (nSPS) is 25.8. The molecule has 0 radical (unpaired) electrons. The van der Waals surface area contributed by atoms with Crippen LogP contribution in [0.25, 0.3) is 0 Å². The van der Waals surface area contributed by atoms with Crippen molar-refractivity contribution in [1.29, 1.82) is 0 Å². The van der Waals surface area contributed by atoms with E-state index in [-0.39, 0.29) is 36.3 Å². The van der Waals surface area contributed by atoms with Gasteiger partial charge in [-0.15, -0.1) is 12.4 Å². The highest BCUT2D eigenvalue weighted by molar-refractivity contribution is 5.94. The highest BCUT2D eigenvalue weighted by Crippen LogP contribution is 2.32. The molecule has 2 amide bonds. The Hall–Kier alpha value is -0.810. The molecule has 1 saturated carbocycles. The quantitative estimate of drug-likeness (QED) is 0.752. The van der Waals surface area contributed by atoms with Gasteiger partial charge in [0.15, 0.2) is 0 Å². The van der Waals surface area contributed by atoms with Gasteiger partial charge in [0.05, 0.1) is 5.54 Å². The molecule has 0 aromatic rings. The van der Waals surface area contributed by atoms with E-state index in [0.29, 0.717) is 6.42 Å². The van der Waals surface area contributed by atoms with Crippen LogP contribution in [0.1, 0.15) is 33.1 Å². The summed E-state index contributed by atoms with van der Waals surface area (Å²) in [7, 11) is 0. The molecule has 1 aliphatic heterocycles. The Kier molecular flexibility index (Phi) is 4.04. The molecule has 0 aromatic carbocycles. The molecule has 1 atom stereocenters.